The summed E-state index contributed by atoms with van der Waals surface area (Å²) in [7, 11) is 0. The first kappa shape index (κ1) is 16.1. The molecule has 3 aromatic rings. The zero-order chi connectivity index (χ0) is 17.1. The molecular formula is C16H10ClF3N4. The van der Waals surface area contributed by atoms with Crippen molar-refractivity contribution < 1.29 is 13.2 Å². The molecule has 0 atom stereocenters. The van der Waals surface area contributed by atoms with Gasteiger partial charge in [-0.1, -0.05) is 11.6 Å². The first-order valence-electron chi connectivity index (χ1n) is 6.78. The molecular weight excluding hydrogens is 341 g/mol. The Morgan fingerprint density at radius 3 is 2.46 bits per heavy atom. The van der Waals surface area contributed by atoms with Gasteiger partial charge < -0.3 is 10.6 Å². The smallest absolute Gasteiger partial charge is 0.229 e. The van der Waals surface area contributed by atoms with Crippen molar-refractivity contribution in [2.24, 2.45) is 0 Å². The summed E-state index contributed by atoms with van der Waals surface area (Å²) in [6, 6.07) is 8.76. The molecule has 8 heteroatoms. The molecule has 0 saturated heterocycles. The van der Waals surface area contributed by atoms with E-state index in [4.69, 9.17) is 11.6 Å². The molecule has 122 valence electrons. The molecule has 1 aromatic heterocycles. The summed E-state index contributed by atoms with van der Waals surface area (Å²) in [6.07, 6.45) is 1.45. The molecule has 0 radical (unpaired) electrons. The molecule has 24 heavy (non-hydrogen) atoms. The predicted molar refractivity (Wildman–Crippen MR) is 86.4 cm³/mol. The average Bonchev–Trinajstić information content (AvgIpc) is 2.54. The molecule has 0 fully saturated rings. The molecule has 0 amide bonds. The normalized spacial score (nSPS) is 10.5. The van der Waals surface area contributed by atoms with Gasteiger partial charge in [-0.05, 0) is 36.4 Å². The van der Waals surface area contributed by atoms with Crippen LogP contribution >= 0.6 is 11.6 Å². The molecule has 0 aliphatic carbocycles. The third-order valence-corrected chi connectivity index (χ3v) is 3.31. The van der Waals surface area contributed by atoms with Gasteiger partial charge in [0.2, 0.25) is 5.95 Å². The van der Waals surface area contributed by atoms with Gasteiger partial charge in [-0.25, -0.2) is 18.2 Å². The van der Waals surface area contributed by atoms with E-state index in [0.717, 1.165) is 12.1 Å². The molecule has 1 heterocycles. The number of nitrogens with one attached hydrogen (secondary N) is 2. The van der Waals surface area contributed by atoms with E-state index in [0.29, 0.717) is 11.5 Å². The maximum Gasteiger partial charge on any atom is 0.229 e. The first-order valence-corrected chi connectivity index (χ1v) is 7.16. The highest BCUT2D eigenvalue weighted by Crippen LogP contribution is 2.23. The number of nitrogens with zero attached hydrogens (tertiary/aromatic N) is 2. The highest BCUT2D eigenvalue weighted by molar-refractivity contribution is 6.31. The van der Waals surface area contributed by atoms with Crippen LogP contribution in [-0.4, -0.2) is 9.97 Å². The van der Waals surface area contributed by atoms with Gasteiger partial charge in [0, 0.05) is 18.0 Å². The van der Waals surface area contributed by atoms with Crippen LogP contribution in [-0.2, 0) is 0 Å². The summed E-state index contributed by atoms with van der Waals surface area (Å²) in [4.78, 5) is 8.16. The van der Waals surface area contributed by atoms with Crippen LogP contribution in [0.3, 0.4) is 0 Å². The molecule has 4 nitrogen and oxygen atoms in total. The molecule has 0 aliphatic rings. The van der Waals surface area contributed by atoms with Crippen molar-refractivity contribution >= 4 is 34.7 Å². The summed E-state index contributed by atoms with van der Waals surface area (Å²) in [5.74, 6) is -1.45. The van der Waals surface area contributed by atoms with E-state index >= 15 is 0 Å². The van der Waals surface area contributed by atoms with Crippen molar-refractivity contribution in [1.82, 2.24) is 9.97 Å². The molecule has 0 spiro atoms. The van der Waals surface area contributed by atoms with Crippen molar-refractivity contribution in [2.45, 2.75) is 0 Å². The molecule has 3 rings (SSSR count). The van der Waals surface area contributed by atoms with Crippen LogP contribution in [0.4, 0.5) is 36.3 Å². The second-order valence-corrected chi connectivity index (χ2v) is 5.18. The Hall–Kier alpha value is -2.80. The van der Waals surface area contributed by atoms with Gasteiger partial charge in [-0.2, -0.15) is 4.98 Å². The fourth-order valence-electron chi connectivity index (χ4n) is 1.92. The third kappa shape index (κ3) is 3.75. The second-order valence-electron chi connectivity index (χ2n) is 4.77. The summed E-state index contributed by atoms with van der Waals surface area (Å²) >= 11 is 5.71. The predicted octanol–water partition coefficient (Wildman–Crippen LogP) is 5.03. The topological polar surface area (TPSA) is 49.8 Å². The standard InChI is InChI=1S/C16H10ClF3N4/c17-11-8-10(2-3-12(11)19)22-16-21-6-5-15(24-16)23-14-4-1-9(18)7-13(14)20/h1-8H,(H2,21,22,23,24). The minimum Gasteiger partial charge on any atom is -0.338 e. The van der Waals surface area contributed by atoms with Crippen LogP contribution in [0.15, 0.2) is 48.7 Å². The lowest BCUT2D eigenvalue weighted by Gasteiger charge is -2.09. The number of anilines is 4. The van der Waals surface area contributed by atoms with Crippen molar-refractivity contribution in [3.05, 3.63) is 71.1 Å². The minimum absolute atomic E-state index is 0.0392. The number of hydrogen-bond donors (Lipinski definition) is 2. The lowest BCUT2D eigenvalue weighted by molar-refractivity contribution is 0.586. The zero-order valence-electron chi connectivity index (χ0n) is 12.0. The monoisotopic (exact) mass is 350 g/mol. The van der Waals surface area contributed by atoms with Crippen molar-refractivity contribution in [3.63, 3.8) is 0 Å². The van der Waals surface area contributed by atoms with E-state index in [1.165, 1.54) is 36.5 Å². The Morgan fingerprint density at radius 1 is 0.875 bits per heavy atom. The van der Waals surface area contributed by atoms with E-state index in [1.807, 2.05) is 0 Å². The minimum atomic E-state index is -0.742. The Balaban J connectivity index is 1.79. The van der Waals surface area contributed by atoms with E-state index in [9.17, 15) is 13.2 Å². The molecule has 0 aliphatic heterocycles. The quantitative estimate of drug-likeness (QED) is 0.692. The van der Waals surface area contributed by atoms with Gasteiger partial charge in [0.25, 0.3) is 0 Å². The van der Waals surface area contributed by atoms with Gasteiger partial charge in [-0.15, -0.1) is 0 Å². The second kappa shape index (κ2) is 6.76. The third-order valence-electron chi connectivity index (χ3n) is 3.03. The van der Waals surface area contributed by atoms with Crippen molar-refractivity contribution in [3.8, 4) is 0 Å². The summed E-state index contributed by atoms with van der Waals surface area (Å²) in [5, 5.41) is 5.54. The number of benzene rings is 2. The van der Waals surface area contributed by atoms with Gasteiger partial charge in [0.1, 0.15) is 23.3 Å². The van der Waals surface area contributed by atoms with Gasteiger partial charge in [0.05, 0.1) is 10.7 Å². The van der Waals surface area contributed by atoms with Crippen molar-refractivity contribution in [1.29, 1.82) is 0 Å². The first-order chi connectivity index (χ1) is 11.5. The van der Waals surface area contributed by atoms with Crippen LogP contribution in [0.25, 0.3) is 0 Å². The maximum absolute atomic E-state index is 13.7. The van der Waals surface area contributed by atoms with Crippen molar-refractivity contribution in [2.75, 3.05) is 10.6 Å². The molecule has 0 saturated carbocycles. The van der Waals surface area contributed by atoms with Crippen LogP contribution in [0, 0.1) is 17.5 Å². The van der Waals surface area contributed by atoms with Crippen LogP contribution in [0.2, 0.25) is 5.02 Å². The Bertz CT molecular complexity index is 889. The highest BCUT2D eigenvalue weighted by atomic mass is 35.5. The Morgan fingerprint density at radius 2 is 1.71 bits per heavy atom. The SMILES string of the molecule is Fc1ccc(Nc2ccnc(Nc3ccc(F)c(Cl)c3)n2)c(F)c1. The van der Waals surface area contributed by atoms with Gasteiger partial charge in [-0.3, -0.25) is 0 Å². The summed E-state index contributed by atoms with van der Waals surface area (Å²) in [6.45, 7) is 0. The lowest BCUT2D eigenvalue weighted by Crippen LogP contribution is -2.01. The summed E-state index contributed by atoms with van der Waals surface area (Å²) in [5.41, 5.74) is 0.567. The summed E-state index contributed by atoms with van der Waals surface area (Å²) < 4.78 is 39.7. The van der Waals surface area contributed by atoms with Crippen LogP contribution in [0.5, 0.6) is 0 Å². The van der Waals surface area contributed by atoms with Gasteiger partial charge >= 0.3 is 0 Å². The number of hydrogen-bond acceptors (Lipinski definition) is 4. The van der Waals surface area contributed by atoms with Gasteiger partial charge in [0.15, 0.2) is 0 Å². The fourth-order valence-corrected chi connectivity index (χ4v) is 2.10. The molecule has 2 N–H and O–H groups in total. The van der Waals surface area contributed by atoms with E-state index in [-0.39, 0.29) is 16.7 Å². The zero-order valence-corrected chi connectivity index (χ0v) is 12.8. The maximum atomic E-state index is 13.7. The highest BCUT2D eigenvalue weighted by Gasteiger charge is 2.07. The average molecular weight is 351 g/mol. The van der Waals surface area contributed by atoms with Crippen LogP contribution < -0.4 is 10.6 Å². The Kier molecular flexibility index (Phi) is 4.52. The molecule has 0 unspecified atom stereocenters. The Labute approximate surface area is 140 Å². The molecule has 2 aromatic carbocycles. The van der Waals surface area contributed by atoms with Crippen LogP contribution in [0.1, 0.15) is 0 Å². The number of rotatable bonds is 4. The number of halogens is 4. The number of aromatic nitrogens is 2. The van der Waals surface area contributed by atoms with E-state index < -0.39 is 17.5 Å². The largest absolute Gasteiger partial charge is 0.338 e. The lowest BCUT2D eigenvalue weighted by atomic mass is 10.3. The fraction of sp³-hybridized carbons (Fsp3) is 0. The van der Waals surface area contributed by atoms with E-state index in [2.05, 4.69) is 20.6 Å². The van der Waals surface area contributed by atoms with E-state index in [1.54, 1.807) is 0 Å². The molecule has 0 bridgehead atoms.